The number of nitrogens with zero attached hydrogens (tertiary/aromatic N) is 3. The van der Waals surface area contributed by atoms with Gasteiger partial charge in [-0.15, -0.1) is 5.06 Å². The van der Waals surface area contributed by atoms with Gasteiger partial charge in [0, 0.05) is 76.8 Å². The summed E-state index contributed by atoms with van der Waals surface area (Å²) in [5.74, 6) is -1.19. The van der Waals surface area contributed by atoms with Gasteiger partial charge in [0.15, 0.2) is 0 Å². The fourth-order valence-electron chi connectivity index (χ4n) is 4.16. The van der Waals surface area contributed by atoms with E-state index in [9.17, 15) is 28.8 Å². The molecule has 9 amide bonds. The molecule has 0 aromatic heterocycles. The number of rotatable bonds is 14. The van der Waals surface area contributed by atoms with Crippen molar-refractivity contribution in [3.63, 3.8) is 0 Å². The Labute approximate surface area is 257 Å². The maximum Gasteiger partial charge on any atom is 0.432 e. The summed E-state index contributed by atoms with van der Waals surface area (Å²) in [6, 6.07) is 6.61. The number of likely N-dealkylation sites (N-methyl/N-ethyl adjacent to an activating group) is 1. The number of amides is 9. The molecule has 4 atom stereocenters. The van der Waals surface area contributed by atoms with Crippen molar-refractivity contribution in [2.75, 3.05) is 33.2 Å². The summed E-state index contributed by atoms with van der Waals surface area (Å²) in [5, 5.41) is 13.7. The van der Waals surface area contributed by atoms with Crippen LogP contribution in [0.2, 0.25) is 0 Å². The molecule has 0 radical (unpaired) electrons. The third-order valence-corrected chi connectivity index (χ3v) is 6.48. The highest BCUT2D eigenvalue weighted by Gasteiger charge is 2.33. The molecular weight excluding hydrogens is 574 g/mol. The number of hydroxylamine groups is 2. The first kappa shape index (κ1) is 35.6. The number of imide groups is 1. The summed E-state index contributed by atoms with van der Waals surface area (Å²) < 4.78 is 0. The second-order valence-electron chi connectivity index (χ2n) is 11.0. The number of carbonyl (C=O) groups is 6. The van der Waals surface area contributed by atoms with Crippen molar-refractivity contribution in [2.24, 2.45) is 5.73 Å². The zero-order valence-corrected chi connectivity index (χ0v) is 25.9. The molecule has 1 heterocycles. The normalized spacial score (nSPS) is 15.4. The molecule has 1 aliphatic heterocycles. The van der Waals surface area contributed by atoms with Gasteiger partial charge in [0.05, 0.1) is 0 Å². The Hall–Kier alpha value is -4.60. The standard InChI is InChI=1S/C28H45N9O7/c1-18(29)13-30-25(40)33-19(2)14-31-26(41)34-20(3)16-35(5)28(43)36(17-22-9-7-6-8-10-22)21(4)15-32-27(42)44-37-23(38)11-12-24(37)39/h6-10,18-21H,11-17,29H2,1-5H3,(H,32,42)(H2,30,33,40)(H2,31,34,41)/t18-,19?,20-,21?/m0/s1. The van der Waals surface area contributed by atoms with Crippen molar-refractivity contribution >= 4 is 36.0 Å². The van der Waals surface area contributed by atoms with Gasteiger partial charge in [-0.25, -0.2) is 19.2 Å². The fourth-order valence-corrected chi connectivity index (χ4v) is 4.16. The molecule has 7 N–H and O–H groups in total. The van der Waals surface area contributed by atoms with Crippen LogP contribution in [0.5, 0.6) is 0 Å². The van der Waals surface area contributed by atoms with Gasteiger partial charge in [0.25, 0.3) is 11.8 Å². The summed E-state index contributed by atoms with van der Waals surface area (Å²) in [7, 11) is 1.60. The second kappa shape index (κ2) is 17.5. The summed E-state index contributed by atoms with van der Waals surface area (Å²) in [5.41, 5.74) is 6.47. The van der Waals surface area contributed by atoms with Crippen LogP contribution in [0, 0.1) is 0 Å². The van der Waals surface area contributed by atoms with Gasteiger partial charge < -0.3 is 47.0 Å². The number of hydrogen-bond acceptors (Lipinski definition) is 8. The van der Waals surface area contributed by atoms with Crippen LogP contribution in [-0.4, -0.2) is 108 Å². The first-order chi connectivity index (χ1) is 20.8. The zero-order chi connectivity index (χ0) is 32.8. The van der Waals surface area contributed by atoms with Gasteiger partial charge in [-0.3, -0.25) is 9.59 Å². The molecule has 16 nitrogen and oxygen atoms in total. The number of benzene rings is 1. The minimum atomic E-state index is -0.986. The molecular formula is C28H45N9O7. The predicted octanol–water partition coefficient (Wildman–Crippen LogP) is 0.442. The van der Waals surface area contributed by atoms with Crippen molar-refractivity contribution in [1.29, 1.82) is 0 Å². The van der Waals surface area contributed by atoms with Crippen molar-refractivity contribution < 1.29 is 33.6 Å². The van der Waals surface area contributed by atoms with E-state index in [1.54, 1.807) is 39.6 Å². The maximum atomic E-state index is 13.6. The average Bonchev–Trinajstić information content (AvgIpc) is 3.28. The lowest BCUT2D eigenvalue weighted by Gasteiger charge is -2.34. The van der Waals surface area contributed by atoms with E-state index in [-0.39, 0.29) is 63.2 Å². The lowest BCUT2D eigenvalue weighted by Crippen LogP contribution is -2.53. The van der Waals surface area contributed by atoms with E-state index in [1.807, 2.05) is 30.3 Å². The Morgan fingerprint density at radius 1 is 0.864 bits per heavy atom. The molecule has 1 saturated heterocycles. The molecule has 244 valence electrons. The molecule has 1 aromatic rings. The SMILES string of the molecule is CC(CNC(=O)N[C@@H](C)CN(C)C(=O)N(Cc1ccccc1)C(C)CNC(=O)ON1C(=O)CCC1=O)NC(=O)NC[C@H](C)N. The van der Waals surface area contributed by atoms with E-state index in [0.717, 1.165) is 5.56 Å². The number of nitrogens with one attached hydrogen (secondary N) is 5. The molecule has 16 heteroatoms. The Balaban J connectivity index is 1.90. The molecule has 0 bridgehead atoms. The van der Waals surface area contributed by atoms with Crippen LogP contribution < -0.4 is 32.3 Å². The van der Waals surface area contributed by atoms with Crippen molar-refractivity contribution in [2.45, 2.75) is 71.2 Å². The largest absolute Gasteiger partial charge is 0.432 e. The first-order valence-electron chi connectivity index (χ1n) is 14.5. The van der Waals surface area contributed by atoms with Crippen LogP contribution in [0.15, 0.2) is 30.3 Å². The van der Waals surface area contributed by atoms with Gasteiger partial charge in [0.2, 0.25) is 0 Å². The van der Waals surface area contributed by atoms with Gasteiger partial charge in [-0.1, -0.05) is 30.3 Å². The number of hydrogen-bond donors (Lipinski definition) is 6. The van der Waals surface area contributed by atoms with E-state index in [2.05, 4.69) is 26.6 Å². The van der Waals surface area contributed by atoms with E-state index in [0.29, 0.717) is 11.6 Å². The first-order valence-corrected chi connectivity index (χ1v) is 14.5. The summed E-state index contributed by atoms with van der Waals surface area (Å²) in [6.07, 6.45) is -1.03. The molecule has 0 spiro atoms. The van der Waals surface area contributed by atoms with Crippen molar-refractivity contribution in [3.8, 4) is 0 Å². The van der Waals surface area contributed by atoms with E-state index < -0.39 is 36.0 Å². The summed E-state index contributed by atoms with van der Waals surface area (Å²) in [4.78, 5) is 81.4. The number of urea groups is 3. The minimum absolute atomic E-state index is 0.0206. The smallest absolute Gasteiger partial charge is 0.337 e. The van der Waals surface area contributed by atoms with Gasteiger partial charge >= 0.3 is 24.2 Å². The van der Waals surface area contributed by atoms with Gasteiger partial charge in [-0.2, -0.15) is 0 Å². The van der Waals surface area contributed by atoms with Crippen LogP contribution in [0.1, 0.15) is 46.1 Å². The number of nitrogens with two attached hydrogens (primary N) is 1. The topological polar surface area (TPSA) is 208 Å². The maximum absolute atomic E-state index is 13.6. The average molecular weight is 620 g/mol. The predicted molar refractivity (Wildman–Crippen MR) is 161 cm³/mol. The quantitative estimate of drug-likeness (QED) is 0.161. The van der Waals surface area contributed by atoms with E-state index in [4.69, 9.17) is 10.6 Å². The zero-order valence-electron chi connectivity index (χ0n) is 25.9. The van der Waals surface area contributed by atoms with Crippen molar-refractivity contribution in [3.05, 3.63) is 35.9 Å². The van der Waals surface area contributed by atoms with Crippen LogP contribution in [0.3, 0.4) is 0 Å². The third-order valence-electron chi connectivity index (χ3n) is 6.48. The molecule has 2 unspecified atom stereocenters. The summed E-state index contributed by atoms with van der Waals surface area (Å²) in [6.45, 7) is 7.88. The Bertz CT molecular complexity index is 1140. The molecule has 0 saturated carbocycles. The fraction of sp³-hybridized carbons (Fsp3) is 0.571. The van der Waals surface area contributed by atoms with Gasteiger partial charge in [0.1, 0.15) is 0 Å². The van der Waals surface area contributed by atoms with Crippen LogP contribution in [0.25, 0.3) is 0 Å². The highest BCUT2D eigenvalue weighted by Crippen LogP contribution is 2.13. The second-order valence-corrected chi connectivity index (χ2v) is 11.0. The van der Waals surface area contributed by atoms with E-state index >= 15 is 0 Å². The molecule has 1 fully saturated rings. The van der Waals surface area contributed by atoms with Crippen LogP contribution in [-0.2, 0) is 21.0 Å². The van der Waals surface area contributed by atoms with Gasteiger partial charge in [-0.05, 0) is 33.3 Å². The lowest BCUT2D eigenvalue weighted by atomic mass is 10.2. The third kappa shape index (κ3) is 12.3. The number of carbonyl (C=O) groups excluding carboxylic acids is 6. The lowest BCUT2D eigenvalue weighted by molar-refractivity contribution is -0.171. The highest BCUT2D eigenvalue weighted by molar-refractivity contribution is 6.01. The molecule has 2 rings (SSSR count). The monoisotopic (exact) mass is 619 g/mol. The molecule has 1 aliphatic rings. The Morgan fingerprint density at radius 3 is 2.02 bits per heavy atom. The summed E-state index contributed by atoms with van der Waals surface area (Å²) >= 11 is 0. The van der Waals surface area contributed by atoms with Crippen molar-refractivity contribution in [1.82, 2.24) is 41.4 Å². The molecule has 0 aliphatic carbocycles. The molecule has 1 aromatic carbocycles. The Kier molecular flexibility index (Phi) is 14.2. The minimum Gasteiger partial charge on any atom is -0.337 e. The highest BCUT2D eigenvalue weighted by atomic mass is 16.7. The van der Waals surface area contributed by atoms with E-state index in [1.165, 1.54) is 4.90 Å². The van der Waals surface area contributed by atoms with Crippen LogP contribution in [0.4, 0.5) is 19.2 Å². The Morgan fingerprint density at radius 2 is 1.43 bits per heavy atom. The van der Waals surface area contributed by atoms with Crippen LogP contribution >= 0.6 is 0 Å². The molecule has 44 heavy (non-hydrogen) atoms.